The van der Waals surface area contributed by atoms with E-state index in [1.54, 1.807) is 0 Å². The van der Waals surface area contributed by atoms with Gasteiger partial charge in [0.2, 0.25) is 0 Å². The molecule has 1 heterocycles. The van der Waals surface area contributed by atoms with E-state index in [9.17, 15) is 0 Å². The molecule has 1 heteroatoms. The second kappa shape index (κ2) is 11.1. The molecule has 8 aromatic rings. The van der Waals surface area contributed by atoms with Gasteiger partial charge >= 0.3 is 0 Å². The highest BCUT2D eigenvalue weighted by molar-refractivity contribution is 6.10. The third kappa shape index (κ3) is 4.83. The molecule has 0 spiro atoms. The Kier molecular flexibility index (Phi) is 6.65. The monoisotopic (exact) mass is 575 g/mol. The zero-order chi connectivity index (χ0) is 30.3. The van der Waals surface area contributed by atoms with Crippen LogP contribution in [0.15, 0.2) is 164 Å². The molecule has 1 nitrogen and oxygen atoms in total. The maximum Gasteiger partial charge on any atom is 0.0541 e. The number of hydrogen-bond donors (Lipinski definition) is 0. The van der Waals surface area contributed by atoms with Crippen molar-refractivity contribution in [3.05, 3.63) is 175 Å². The summed E-state index contributed by atoms with van der Waals surface area (Å²) in [6, 6.07) is 59.5. The molecule has 0 bridgehead atoms. The molecular formula is C44H33N. The van der Waals surface area contributed by atoms with E-state index in [1.807, 2.05) is 0 Å². The van der Waals surface area contributed by atoms with Crippen LogP contribution in [0.5, 0.6) is 0 Å². The minimum atomic E-state index is 1.18. The fourth-order valence-corrected chi connectivity index (χ4v) is 6.68. The van der Waals surface area contributed by atoms with Gasteiger partial charge in [0, 0.05) is 16.5 Å². The Morgan fingerprint density at radius 2 is 0.822 bits per heavy atom. The molecule has 0 radical (unpaired) electrons. The van der Waals surface area contributed by atoms with Crippen molar-refractivity contribution in [2.75, 3.05) is 0 Å². The van der Waals surface area contributed by atoms with Crippen LogP contribution < -0.4 is 0 Å². The van der Waals surface area contributed by atoms with Gasteiger partial charge in [-0.2, -0.15) is 0 Å². The number of rotatable bonds is 5. The molecule has 0 aliphatic carbocycles. The first-order valence-electron chi connectivity index (χ1n) is 15.6. The predicted octanol–water partition coefficient (Wildman–Crippen LogP) is 12.1. The summed E-state index contributed by atoms with van der Waals surface area (Å²) in [6.45, 7) is 4.38. The van der Waals surface area contributed by atoms with Gasteiger partial charge in [0.05, 0.1) is 11.0 Å². The molecule has 0 N–H and O–H groups in total. The molecule has 0 atom stereocenters. The fraction of sp³-hybridized carbons (Fsp3) is 0.0455. The highest BCUT2D eigenvalue weighted by Gasteiger charge is 2.13. The first-order valence-corrected chi connectivity index (χ1v) is 15.6. The lowest BCUT2D eigenvalue weighted by molar-refractivity contribution is 1.18. The molecule has 45 heavy (non-hydrogen) atoms. The van der Waals surface area contributed by atoms with Crippen LogP contribution in [0.1, 0.15) is 11.1 Å². The Morgan fingerprint density at radius 1 is 0.333 bits per heavy atom. The molecule has 7 aromatic carbocycles. The van der Waals surface area contributed by atoms with Crippen molar-refractivity contribution in [3.8, 4) is 50.2 Å². The Morgan fingerprint density at radius 3 is 1.51 bits per heavy atom. The summed E-state index contributed by atoms with van der Waals surface area (Å²) >= 11 is 0. The molecule has 0 unspecified atom stereocenters. The molecule has 0 aliphatic rings. The number of aromatic nitrogens is 1. The summed E-state index contributed by atoms with van der Waals surface area (Å²) in [7, 11) is 0. The Balaban J connectivity index is 1.09. The van der Waals surface area contributed by atoms with Crippen LogP contribution in [-0.4, -0.2) is 4.57 Å². The SMILES string of the molecule is Cc1ccccc1-c1cc(-c2ccc(-c3ccc(-c4ccc5c(c4)c4ccccc4n5-c4ccccc4)cc3)cc2)ccc1C. The van der Waals surface area contributed by atoms with E-state index in [2.05, 4.69) is 182 Å². The first-order chi connectivity index (χ1) is 22.1. The van der Waals surface area contributed by atoms with Crippen molar-refractivity contribution < 1.29 is 0 Å². The van der Waals surface area contributed by atoms with E-state index in [4.69, 9.17) is 0 Å². The third-order valence-electron chi connectivity index (χ3n) is 9.13. The lowest BCUT2D eigenvalue weighted by Crippen LogP contribution is -1.92. The van der Waals surface area contributed by atoms with E-state index >= 15 is 0 Å². The summed E-state index contributed by atoms with van der Waals surface area (Å²) < 4.78 is 2.36. The number of aryl methyl sites for hydroxylation is 2. The average molecular weight is 576 g/mol. The van der Waals surface area contributed by atoms with Crippen LogP contribution in [0.4, 0.5) is 0 Å². The van der Waals surface area contributed by atoms with Crippen LogP contribution in [0.3, 0.4) is 0 Å². The van der Waals surface area contributed by atoms with Gasteiger partial charge in [-0.3, -0.25) is 0 Å². The average Bonchev–Trinajstić information content (AvgIpc) is 3.43. The summed E-state index contributed by atoms with van der Waals surface area (Å²) in [4.78, 5) is 0. The summed E-state index contributed by atoms with van der Waals surface area (Å²) in [5.41, 5.74) is 16.2. The van der Waals surface area contributed by atoms with Crippen molar-refractivity contribution in [2.45, 2.75) is 13.8 Å². The summed E-state index contributed by atoms with van der Waals surface area (Å²) in [6.07, 6.45) is 0. The van der Waals surface area contributed by atoms with Crippen molar-refractivity contribution in [1.82, 2.24) is 4.57 Å². The van der Waals surface area contributed by atoms with Crippen molar-refractivity contribution in [1.29, 1.82) is 0 Å². The van der Waals surface area contributed by atoms with Gasteiger partial charge in [-0.05, 0) is 106 Å². The van der Waals surface area contributed by atoms with Crippen LogP contribution >= 0.6 is 0 Å². The second-order valence-electron chi connectivity index (χ2n) is 11.9. The lowest BCUT2D eigenvalue weighted by Gasteiger charge is -2.12. The Labute approximate surface area is 264 Å². The minimum Gasteiger partial charge on any atom is -0.309 e. The largest absolute Gasteiger partial charge is 0.309 e. The normalized spacial score (nSPS) is 11.3. The highest BCUT2D eigenvalue weighted by atomic mass is 15.0. The standard InChI is InChI=1S/C44H33N/c1-30-10-6-7-13-39(30)41-28-36(17-16-31(41)2)34-22-18-32(19-23-34)33-20-24-35(25-21-33)37-26-27-44-42(29-37)40-14-8-9-15-43(40)45(44)38-11-4-3-5-12-38/h3-29H,1-2H3. The molecular weight excluding hydrogens is 542 g/mol. The molecule has 214 valence electrons. The summed E-state index contributed by atoms with van der Waals surface area (Å²) in [5.74, 6) is 0. The van der Waals surface area contributed by atoms with E-state index < -0.39 is 0 Å². The number of benzene rings is 7. The molecule has 0 amide bonds. The van der Waals surface area contributed by atoms with Crippen LogP contribution in [0, 0.1) is 13.8 Å². The van der Waals surface area contributed by atoms with Crippen molar-refractivity contribution in [2.24, 2.45) is 0 Å². The van der Waals surface area contributed by atoms with Gasteiger partial charge in [-0.1, -0.05) is 127 Å². The number of nitrogens with zero attached hydrogens (tertiary/aromatic N) is 1. The quantitative estimate of drug-likeness (QED) is 0.192. The Hall–Kier alpha value is -5.66. The van der Waals surface area contributed by atoms with Gasteiger partial charge in [-0.25, -0.2) is 0 Å². The second-order valence-corrected chi connectivity index (χ2v) is 11.9. The van der Waals surface area contributed by atoms with Crippen LogP contribution in [0.2, 0.25) is 0 Å². The zero-order valence-electron chi connectivity index (χ0n) is 25.5. The number of fused-ring (bicyclic) bond motifs is 3. The van der Waals surface area contributed by atoms with Gasteiger partial charge in [-0.15, -0.1) is 0 Å². The van der Waals surface area contributed by atoms with Gasteiger partial charge in [0.25, 0.3) is 0 Å². The lowest BCUT2D eigenvalue weighted by atomic mass is 9.92. The molecule has 8 rings (SSSR count). The van der Waals surface area contributed by atoms with E-state index in [0.29, 0.717) is 0 Å². The fourth-order valence-electron chi connectivity index (χ4n) is 6.68. The van der Waals surface area contributed by atoms with Gasteiger partial charge in [0.1, 0.15) is 0 Å². The van der Waals surface area contributed by atoms with Gasteiger partial charge < -0.3 is 4.57 Å². The molecule has 0 fully saturated rings. The summed E-state index contributed by atoms with van der Waals surface area (Å²) in [5, 5.41) is 2.54. The third-order valence-corrected chi connectivity index (χ3v) is 9.13. The van der Waals surface area contributed by atoms with E-state index in [0.717, 1.165) is 0 Å². The van der Waals surface area contributed by atoms with Crippen LogP contribution in [0.25, 0.3) is 72.0 Å². The Bertz CT molecular complexity index is 2300. The van der Waals surface area contributed by atoms with Crippen LogP contribution in [-0.2, 0) is 0 Å². The zero-order valence-corrected chi connectivity index (χ0v) is 25.5. The number of para-hydroxylation sites is 2. The first kappa shape index (κ1) is 26.9. The van der Waals surface area contributed by atoms with Crippen molar-refractivity contribution in [3.63, 3.8) is 0 Å². The van der Waals surface area contributed by atoms with Gasteiger partial charge in [0.15, 0.2) is 0 Å². The maximum atomic E-state index is 2.36. The number of hydrogen-bond acceptors (Lipinski definition) is 0. The molecule has 1 aromatic heterocycles. The topological polar surface area (TPSA) is 4.93 Å². The van der Waals surface area contributed by atoms with Crippen molar-refractivity contribution >= 4 is 21.8 Å². The predicted molar refractivity (Wildman–Crippen MR) is 192 cm³/mol. The molecule has 0 aliphatic heterocycles. The van der Waals surface area contributed by atoms with E-state index in [1.165, 1.54) is 83.1 Å². The minimum absolute atomic E-state index is 1.18. The molecule has 0 saturated carbocycles. The molecule has 0 saturated heterocycles. The maximum absolute atomic E-state index is 2.36. The smallest absolute Gasteiger partial charge is 0.0541 e. The van der Waals surface area contributed by atoms with E-state index in [-0.39, 0.29) is 0 Å². The highest BCUT2D eigenvalue weighted by Crippen LogP contribution is 2.36.